The van der Waals surface area contributed by atoms with Gasteiger partial charge in [-0.2, -0.15) is 0 Å². The second-order valence-corrected chi connectivity index (χ2v) is 4.43. The van der Waals surface area contributed by atoms with Gasteiger partial charge in [0.15, 0.2) is 0 Å². The first-order valence-corrected chi connectivity index (χ1v) is 5.39. The van der Waals surface area contributed by atoms with Crippen LogP contribution < -0.4 is 5.73 Å². The monoisotopic (exact) mass is 207 g/mol. The lowest BCUT2D eigenvalue weighted by atomic mass is 10.0. The van der Waals surface area contributed by atoms with Gasteiger partial charge in [0.2, 0.25) is 0 Å². The van der Waals surface area contributed by atoms with Crippen molar-refractivity contribution in [3.63, 3.8) is 0 Å². The average molecular weight is 207 g/mol. The highest BCUT2D eigenvalue weighted by atomic mass is 32.1. The Morgan fingerprint density at radius 1 is 1.29 bits per heavy atom. The molecule has 1 aromatic rings. The fourth-order valence-electron chi connectivity index (χ4n) is 1.29. The van der Waals surface area contributed by atoms with Crippen LogP contribution in [0.4, 0.5) is 0 Å². The van der Waals surface area contributed by atoms with Crippen LogP contribution in [-0.2, 0) is 6.42 Å². The third kappa shape index (κ3) is 3.46. The molecule has 0 unspecified atom stereocenters. The lowest BCUT2D eigenvalue weighted by Crippen LogP contribution is -2.08. The predicted octanol–water partition coefficient (Wildman–Crippen LogP) is 2.91. The molecule has 0 spiro atoms. The Morgan fingerprint density at radius 2 is 1.86 bits per heavy atom. The molecule has 0 aliphatic rings. The van der Waals surface area contributed by atoms with E-state index in [1.54, 1.807) is 0 Å². The van der Waals surface area contributed by atoms with Crippen molar-refractivity contribution in [3.05, 3.63) is 35.4 Å². The van der Waals surface area contributed by atoms with Crippen LogP contribution in [-0.4, -0.2) is 4.99 Å². The fraction of sp³-hybridized carbons (Fsp3) is 0.417. The Kier molecular flexibility index (Phi) is 4.08. The number of hydrogen-bond acceptors (Lipinski definition) is 1. The van der Waals surface area contributed by atoms with Gasteiger partial charge in [0.1, 0.15) is 4.99 Å². The molecule has 0 fully saturated rings. The zero-order valence-corrected chi connectivity index (χ0v) is 9.60. The van der Waals surface area contributed by atoms with Crippen LogP contribution in [0.15, 0.2) is 24.3 Å². The highest BCUT2D eigenvalue weighted by molar-refractivity contribution is 7.80. The van der Waals surface area contributed by atoms with Gasteiger partial charge in [0, 0.05) is 5.56 Å². The summed E-state index contributed by atoms with van der Waals surface area (Å²) in [5.41, 5.74) is 7.83. The van der Waals surface area contributed by atoms with Gasteiger partial charge in [-0.15, -0.1) is 0 Å². The second-order valence-electron chi connectivity index (χ2n) is 3.99. The zero-order chi connectivity index (χ0) is 10.6. The zero-order valence-electron chi connectivity index (χ0n) is 8.79. The number of hydrogen-bond donors (Lipinski definition) is 1. The van der Waals surface area contributed by atoms with Crippen LogP contribution in [0.2, 0.25) is 0 Å². The molecule has 14 heavy (non-hydrogen) atoms. The highest BCUT2D eigenvalue weighted by Crippen LogP contribution is 2.10. The van der Waals surface area contributed by atoms with Crippen LogP contribution in [0.3, 0.4) is 0 Å². The molecule has 2 heteroatoms. The first kappa shape index (κ1) is 11.2. The van der Waals surface area contributed by atoms with Crippen molar-refractivity contribution in [1.29, 1.82) is 0 Å². The second kappa shape index (κ2) is 5.11. The van der Waals surface area contributed by atoms with Gasteiger partial charge >= 0.3 is 0 Å². The van der Waals surface area contributed by atoms with Crippen molar-refractivity contribution < 1.29 is 0 Å². The quantitative estimate of drug-likeness (QED) is 0.768. The largest absolute Gasteiger partial charge is 0.389 e. The first-order valence-electron chi connectivity index (χ1n) is 4.98. The molecule has 1 nitrogen and oxygen atoms in total. The standard InChI is InChI=1S/C12H17NS/c1-9(2)3-4-10-5-7-11(8-6-10)12(13)14/h5-9H,3-4H2,1-2H3,(H2,13,14). The van der Waals surface area contributed by atoms with E-state index in [4.69, 9.17) is 18.0 Å². The van der Waals surface area contributed by atoms with E-state index < -0.39 is 0 Å². The molecule has 0 atom stereocenters. The SMILES string of the molecule is CC(C)CCc1ccc(C(N)=S)cc1. The van der Waals surface area contributed by atoms with E-state index in [1.807, 2.05) is 12.1 Å². The van der Waals surface area contributed by atoms with E-state index in [-0.39, 0.29) is 0 Å². The summed E-state index contributed by atoms with van der Waals surface area (Å²) in [5, 5.41) is 0. The van der Waals surface area contributed by atoms with E-state index in [0.717, 1.165) is 17.9 Å². The molecular formula is C12H17NS. The molecule has 0 saturated carbocycles. The molecular weight excluding hydrogens is 190 g/mol. The van der Waals surface area contributed by atoms with Gasteiger partial charge in [-0.3, -0.25) is 0 Å². The summed E-state index contributed by atoms with van der Waals surface area (Å²) in [6.07, 6.45) is 2.36. The van der Waals surface area contributed by atoms with E-state index in [0.29, 0.717) is 4.99 Å². The predicted molar refractivity (Wildman–Crippen MR) is 65.5 cm³/mol. The van der Waals surface area contributed by atoms with Crippen LogP contribution >= 0.6 is 12.2 Å². The van der Waals surface area contributed by atoms with Crippen LogP contribution in [0.5, 0.6) is 0 Å². The Balaban J connectivity index is 2.60. The van der Waals surface area contributed by atoms with Crippen molar-refractivity contribution >= 4 is 17.2 Å². The average Bonchev–Trinajstić information content (AvgIpc) is 2.15. The third-order valence-electron chi connectivity index (χ3n) is 2.25. The Labute approximate surface area is 91.3 Å². The van der Waals surface area contributed by atoms with Crippen molar-refractivity contribution in [2.45, 2.75) is 26.7 Å². The molecule has 1 aromatic carbocycles. The number of benzene rings is 1. The van der Waals surface area contributed by atoms with Gasteiger partial charge in [-0.05, 0) is 24.3 Å². The van der Waals surface area contributed by atoms with E-state index in [2.05, 4.69) is 26.0 Å². The maximum atomic E-state index is 5.52. The summed E-state index contributed by atoms with van der Waals surface area (Å²) in [6.45, 7) is 4.48. The fourth-order valence-corrected chi connectivity index (χ4v) is 1.43. The molecule has 1 rings (SSSR count). The Morgan fingerprint density at radius 3 is 2.29 bits per heavy atom. The number of nitrogens with two attached hydrogens (primary N) is 1. The molecule has 0 amide bonds. The van der Waals surface area contributed by atoms with Gasteiger partial charge in [0.25, 0.3) is 0 Å². The van der Waals surface area contributed by atoms with Crippen molar-refractivity contribution in [1.82, 2.24) is 0 Å². The van der Waals surface area contributed by atoms with Gasteiger partial charge in [-0.25, -0.2) is 0 Å². The van der Waals surface area contributed by atoms with E-state index in [9.17, 15) is 0 Å². The van der Waals surface area contributed by atoms with E-state index in [1.165, 1.54) is 12.0 Å². The summed E-state index contributed by atoms with van der Waals surface area (Å²) < 4.78 is 0. The van der Waals surface area contributed by atoms with Crippen molar-refractivity contribution in [3.8, 4) is 0 Å². The number of thiocarbonyl (C=S) groups is 1. The lowest BCUT2D eigenvalue weighted by molar-refractivity contribution is 0.587. The minimum Gasteiger partial charge on any atom is -0.389 e. The molecule has 0 radical (unpaired) electrons. The smallest absolute Gasteiger partial charge is 0.103 e. The van der Waals surface area contributed by atoms with E-state index >= 15 is 0 Å². The molecule has 2 N–H and O–H groups in total. The Hall–Kier alpha value is -0.890. The summed E-state index contributed by atoms with van der Waals surface area (Å²) in [6, 6.07) is 8.21. The van der Waals surface area contributed by atoms with Gasteiger partial charge in [-0.1, -0.05) is 50.3 Å². The molecule has 0 aliphatic heterocycles. The van der Waals surface area contributed by atoms with Gasteiger partial charge < -0.3 is 5.73 Å². The topological polar surface area (TPSA) is 26.0 Å². The van der Waals surface area contributed by atoms with Gasteiger partial charge in [0.05, 0.1) is 0 Å². The van der Waals surface area contributed by atoms with Crippen molar-refractivity contribution in [2.24, 2.45) is 11.7 Å². The highest BCUT2D eigenvalue weighted by Gasteiger charge is 1.98. The minimum absolute atomic E-state index is 0.473. The number of rotatable bonds is 4. The molecule has 0 aromatic heterocycles. The maximum absolute atomic E-state index is 5.52. The molecule has 0 aliphatic carbocycles. The molecule has 0 saturated heterocycles. The summed E-state index contributed by atoms with van der Waals surface area (Å²) in [5.74, 6) is 0.755. The Bertz CT molecular complexity index is 301. The molecule has 76 valence electrons. The third-order valence-corrected chi connectivity index (χ3v) is 2.48. The minimum atomic E-state index is 0.473. The van der Waals surface area contributed by atoms with Crippen LogP contribution in [0, 0.1) is 5.92 Å². The molecule has 0 bridgehead atoms. The lowest BCUT2D eigenvalue weighted by Gasteiger charge is -2.05. The molecule has 0 heterocycles. The van der Waals surface area contributed by atoms with Crippen molar-refractivity contribution in [2.75, 3.05) is 0 Å². The summed E-state index contributed by atoms with van der Waals surface area (Å²) >= 11 is 4.89. The summed E-state index contributed by atoms with van der Waals surface area (Å²) in [4.78, 5) is 0.473. The maximum Gasteiger partial charge on any atom is 0.103 e. The van der Waals surface area contributed by atoms with Crippen LogP contribution in [0.25, 0.3) is 0 Å². The number of aryl methyl sites for hydroxylation is 1. The van der Waals surface area contributed by atoms with Crippen LogP contribution in [0.1, 0.15) is 31.4 Å². The first-order chi connectivity index (χ1) is 6.59. The normalized spacial score (nSPS) is 10.5. The summed E-state index contributed by atoms with van der Waals surface area (Å²) in [7, 11) is 0.